The van der Waals surface area contributed by atoms with E-state index in [0.29, 0.717) is 11.6 Å². The highest BCUT2D eigenvalue weighted by atomic mass is 16.6. The van der Waals surface area contributed by atoms with E-state index in [0.717, 1.165) is 12.8 Å². The van der Waals surface area contributed by atoms with Gasteiger partial charge in [0.2, 0.25) is 11.8 Å². The molecule has 0 aromatic carbocycles. The van der Waals surface area contributed by atoms with Crippen LogP contribution in [0, 0.1) is 17.0 Å². The van der Waals surface area contributed by atoms with E-state index in [-0.39, 0.29) is 17.0 Å². The minimum Gasteiger partial charge on any atom is -0.359 e. The van der Waals surface area contributed by atoms with Crippen molar-refractivity contribution in [2.24, 2.45) is 0 Å². The lowest BCUT2D eigenvalue weighted by molar-refractivity contribution is -0.385. The van der Waals surface area contributed by atoms with Crippen LogP contribution in [0.5, 0.6) is 0 Å². The van der Waals surface area contributed by atoms with E-state index in [1.54, 1.807) is 14.0 Å². The van der Waals surface area contributed by atoms with Crippen LogP contribution in [0.15, 0.2) is 0 Å². The predicted molar refractivity (Wildman–Crippen MR) is 75.6 cm³/mol. The Hall–Kier alpha value is -1.92. The number of aromatic nitrogens is 2. The van der Waals surface area contributed by atoms with Crippen molar-refractivity contribution in [2.45, 2.75) is 46.1 Å². The van der Waals surface area contributed by atoms with Gasteiger partial charge in [0, 0.05) is 12.6 Å². The topological polar surface area (TPSA) is 93.0 Å². The predicted octanol–water partition coefficient (Wildman–Crippen LogP) is 2.73. The highest BCUT2D eigenvalue weighted by Crippen LogP contribution is 2.30. The first-order valence-electron chi connectivity index (χ1n) is 6.35. The fraction of sp³-hybridized carbons (Fsp3) is 0.667. The van der Waals surface area contributed by atoms with Crippen molar-refractivity contribution in [3.63, 3.8) is 0 Å². The molecule has 1 aromatic rings. The molecule has 0 aliphatic rings. The first-order valence-corrected chi connectivity index (χ1v) is 6.35. The molecule has 0 saturated heterocycles. The zero-order chi connectivity index (χ0) is 14.6. The van der Waals surface area contributed by atoms with Crippen molar-refractivity contribution >= 4 is 17.5 Å². The average Bonchev–Trinajstić information content (AvgIpc) is 2.37. The Labute approximate surface area is 113 Å². The van der Waals surface area contributed by atoms with Gasteiger partial charge < -0.3 is 10.6 Å². The monoisotopic (exact) mass is 267 g/mol. The van der Waals surface area contributed by atoms with E-state index >= 15 is 0 Å². The molecule has 0 radical (unpaired) electrons. The van der Waals surface area contributed by atoms with Crippen molar-refractivity contribution in [3.8, 4) is 0 Å². The molecule has 0 aliphatic carbocycles. The summed E-state index contributed by atoms with van der Waals surface area (Å²) in [6.45, 7) is 7.71. The number of nitro groups is 1. The molecule has 1 aromatic heterocycles. The molecule has 7 nitrogen and oxygen atoms in total. The van der Waals surface area contributed by atoms with Gasteiger partial charge in [-0.3, -0.25) is 10.1 Å². The SMILES string of the molecule is CCC(C)(CC)Nc1nc(NC)nc(C)c1[N+](=O)[O-]. The Bertz CT molecular complexity index is 471. The van der Waals surface area contributed by atoms with Gasteiger partial charge in [-0.15, -0.1) is 0 Å². The third-order valence-corrected chi connectivity index (χ3v) is 3.45. The molecule has 0 atom stereocenters. The summed E-state index contributed by atoms with van der Waals surface area (Å²) >= 11 is 0. The van der Waals surface area contributed by atoms with Gasteiger partial charge in [-0.1, -0.05) is 13.8 Å². The maximum Gasteiger partial charge on any atom is 0.332 e. The van der Waals surface area contributed by atoms with E-state index in [9.17, 15) is 10.1 Å². The highest BCUT2D eigenvalue weighted by molar-refractivity contribution is 5.61. The van der Waals surface area contributed by atoms with Crippen LogP contribution < -0.4 is 10.6 Å². The number of hydrogen-bond acceptors (Lipinski definition) is 6. The molecule has 1 rings (SSSR count). The van der Waals surface area contributed by atoms with Gasteiger partial charge in [-0.25, -0.2) is 4.98 Å². The van der Waals surface area contributed by atoms with Crippen LogP contribution in [0.2, 0.25) is 0 Å². The summed E-state index contributed by atoms with van der Waals surface area (Å²) < 4.78 is 0. The van der Waals surface area contributed by atoms with Crippen LogP contribution in [0.25, 0.3) is 0 Å². The van der Waals surface area contributed by atoms with Crippen molar-refractivity contribution in [1.29, 1.82) is 0 Å². The number of rotatable bonds is 6. The quantitative estimate of drug-likeness (QED) is 0.608. The molecular weight excluding hydrogens is 246 g/mol. The van der Waals surface area contributed by atoms with Gasteiger partial charge >= 0.3 is 5.69 Å². The smallest absolute Gasteiger partial charge is 0.332 e. The zero-order valence-electron chi connectivity index (χ0n) is 12.1. The first-order chi connectivity index (χ1) is 8.86. The van der Waals surface area contributed by atoms with E-state index in [1.165, 1.54) is 0 Å². The molecule has 0 bridgehead atoms. The lowest BCUT2D eigenvalue weighted by Crippen LogP contribution is -2.34. The van der Waals surface area contributed by atoms with E-state index in [4.69, 9.17) is 0 Å². The summed E-state index contributed by atoms with van der Waals surface area (Å²) in [5, 5.41) is 17.2. The Morgan fingerprint density at radius 2 is 1.89 bits per heavy atom. The van der Waals surface area contributed by atoms with Gasteiger partial charge in [-0.05, 0) is 26.7 Å². The Kier molecular flexibility index (Phi) is 4.63. The molecule has 0 fully saturated rings. The molecule has 2 N–H and O–H groups in total. The van der Waals surface area contributed by atoms with Gasteiger partial charge in [0.1, 0.15) is 5.69 Å². The Balaban J connectivity index is 3.31. The van der Waals surface area contributed by atoms with Crippen LogP contribution in [0.1, 0.15) is 39.3 Å². The number of aryl methyl sites for hydroxylation is 1. The van der Waals surface area contributed by atoms with Crippen molar-refractivity contribution in [3.05, 3.63) is 15.8 Å². The van der Waals surface area contributed by atoms with Crippen LogP contribution >= 0.6 is 0 Å². The molecule has 0 amide bonds. The average molecular weight is 267 g/mol. The molecular formula is C12H21N5O2. The molecule has 0 saturated carbocycles. The van der Waals surface area contributed by atoms with Crippen LogP contribution in [-0.2, 0) is 0 Å². The number of hydrogen-bond donors (Lipinski definition) is 2. The van der Waals surface area contributed by atoms with E-state index in [1.807, 2.05) is 20.8 Å². The standard InChI is InChI=1S/C12H21N5O2/c1-6-12(4,7-2)16-10-9(17(18)19)8(3)14-11(13-5)15-10/h6-7H2,1-5H3,(H2,13,14,15,16). The molecule has 7 heteroatoms. The van der Waals surface area contributed by atoms with Gasteiger partial charge in [0.25, 0.3) is 0 Å². The second kappa shape index (κ2) is 5.81. The summed E-state index contributed by atoms with van der Waals surface area (Å²) in [5.74, 6) is 0.646. The number of nitrogens with zero attached hydrogens (tertiary/aromatic N) is 3. The lowest BCUT2D eigenvalue weighted by atomic mass is 9.95. The van der Waals surface area contributed by atoms with Gasteiger partial charge in [0.15, 0.2) is 0 Å². The van der Waals surface area contributed by atoms with E-state index in [2.05, 4.69) is 20.6 Å². The second-order valence-corrected chi connectivity index (χ2v) is 4.73. The van der Waals surface area contributed by atoms with Crippen molar-refractivity contribution in [2.75, 3.05) is 17.7 Å². The maximum absolute atomic E-state index is 11.2. The molecule has 0 unspecified atom stereocenters. The Morgan fingerprint density at radius 3 is 2.32 bits per heavy atom. The van der Waals surface area contributed by atoms with E-state index < -0.39 is 4.92 Å². The van der Waals surface area contributed by atoms with Crippen LogP contribution in [0.4, 0.5) is 17.5 Å². The fourth-order valence-corrected chi connectivity index (χ4v) is 1.70. The molecule has 1 heterocycles. The largest absolute Gasteiger partial charge is 0.359 e. The Morgan fingerprint density at radius 1 is 1.32 bits per heavy atom. The zero-order valence-corrected chi connectivity index (χ0v) is 12.1. The highest BCUT2D eigenvalue weighted by Gasteiger charge is 2.27. The molecule has 0 spiro atoms. The van der Waals surface area contributed by atoms with Crippen LogP contribution in [-0.4, -0.2) is 27.5 Å². The van der Waals surface area contributed by atoms with Crippen LogP contribution in [0.3, 0.4) is 0 Å². The van der Waals surface area contributed by atoms with Crippen molar-refractivity contribution < 1.29 is 4.92 Å². The third kappa shape index (κ3) is 3.30. The fourth-order valence-electron chi connectivity index (χ4n) is 1.70. The molecule has 19 heavy (non-hydrogen) atoms. The second-order valence-electron chi connectivity index (χ2n) is 4.73. The minimum absolute atomic E-state index is 0.0628. The maximum atomic E-state index is 11.2. The van der Waals surface area contributed by atoms with Gasteiger partial charge in [0.05, 0.1) is 4.92 Å². The van der Waals surface area contributed by atoms with Crippen molar-refractivity contribution in [1.82, 2.24) is 9.97 Å². The number of nitrogens with one attached hydrogen (secondary N) is 2. The summed E-state index contributed by atoms with van der Waals surface area (Å²) in [6.07, 6.45) is 1.69. The van der Waals surface area contributed by atoms with Gasteiger partial charge in [-0.2, -0.15) is 4.98 Å². The normalized spacial score (nSPS) is 11.2. The number of anilines is 2. The molecule has 0 aliphatic heterocycles. The summed E-state index contributed by atoms with van der Waals surface area (Å²) in [7, 11) is 1.68. The summed E-state index contributed by atoms with van der Waals surface area (Å²) in [5.41, 5.74) is 0.0600. The lowest BCUT2D eigenvalue weighted by Gasteiger charge is -2.28. The summed E-state index contributed by atoms with van der Waals surface area (Å²) in [4.78, 5) is 19.0. The third-order valence-electron chi connectivity index (χ3n) is 3.45. The minimum atomic E-state index is -0.442. The summed E-state index contributed by atoms with van der Waals surface area (Å²) in [6, 6.07) is 0. The first kappa shape index (κ1) is 15.1. The molecule has 106 valence electrons.